The summed E-state index contributed by atoms with van der Waals surface area (Å²) in [5.41, 5.74) is 7.43. The fourth-order valence-electron chi connectivity index (χ4n) is 1.55. The average molecular weight is 306 g/mol. The Morgan fingerprint density at radius 2 is 2.21 bits per heavy atom. The maximum Gasteiger partial charge on any atom is 0.252 e. The number of carbonyl (C=O) groups excluding carboxylic acids is 1. The summed E-state index contributed by atoms with van der Waals surface area (Å²) in [7, 11) is 0. The highest BCUT2D eigenvalue weighted by Gasteiger charge is 2.09. The van der Waals surface area contributed by atoms with Crippen LogP contribution in [0.25, 0.3) is 11.0 Å². The Hall–Kier alpha value is -1.37. The molecule has 19 heavy (non-hydrogen) atoms. The molecule has 0 aliphatic heterocycles. The normalized spacial score (nSPS) is 9.58. The van der Waals surface area contributed by atoms with Gasteiger partial charge in [-0.1, -0.05) is 0 Å². The Morgan fingerprint density at radius 3 is 2.89 bits per heavy atom. The van der Waals surface area contributed by atoms with Gasteiger partial charge in [-0.05, 0) is 26.0 Å². The van der Waals surface area contributed by atoms with Crippen molar-refractivity contribution in [2.75, 3.05) is 13.1 Å². The smallest absolute Gasteiger partial charge is 0.252 e. The van der Waals surface area contributed by atoms with Gasteiger partial charge in [-0.3, -0.25) is 9.89 Å². The van der Waals surface area contributed by atoms with E-state index < -0.39 is 0 Å². The van der Waals surface area contributed by atoms with E-state index in [1.165, 1.54) is 6.20 Å². The molecule has 0 saturated heterocycles. The first-order valence-corrected chi connectivity index (χ1v) is 5.51. The number of carbonyl (C=O) groups is 1. The van der Waals surface area contributed by atoms with Crippen LogP contribution in [0.5, 0.6) is 0 Å². The monoisotopic (exact) mass is 305 g/mol. The summed E-state index contributed by atoms with van der Waals surface area (Å²) in [4.78, 5) is 15.9. The number of amides is 1. The Morgan fingerprint density at radius 1 is 1.47 bits per heavy atom. The molecule has 0 unspecified atom stereocenters. The zero-order valence-electron chi connectivity index (χ0n) is 10.5. The number of hydrogen-bond acceptors (Lipinski definition) is 4. The van der Waals surface area contributed by atoms with Gasteiger partial charge < -0.3 is 11.1 Å². The summed E-state index contributed by atoms with van der Waals surface area (Å²) in [6.07, 6.45) is 2.30. The molecule has 4 N–H and O–H groups in total. The van der Waals surface area contributed by atoms with E-state index in [1.54, 1.807) is 6.07 Å². The van der Waals surface area contributed by atoms with Crippen LogP contribution in [-0.2, 0) is 0 Å². The fraction of sp³-hybridized carbons (Fsp3) is 0.364. The van der Waals surface area contributed by atoms with Gasteiger partial charge in [0.15, 0.2) is 5.65 Å². The van der Waals surface area contributed by atoms with Crippen LogP contribution in [0.1, 0.15) is 22.5 Å². The van der Waals surface area contributed by atoms with E-state index >= 15 is 0 Å². The molecule has 2 aromatic rings. The number of rotatable bonds is 4. The lowest BCUT2D eigenvalue weighted by Gasteiger charge is -2.03. The third-order valence-electron chi connectivity index (χ3n) is 2.53. The van der Waals surface area contributed by atoms with Crippen molar-refractivity contribution in [3.05, 3.63) is 23.5 Å². The maximum atomic E-state index is 11.8. The molecule has 0 aliphatic rings. The van der Waals surface area contributed by atoms with Gasteiger partial charge in [0.05, 0.1) is 5.56 Å². The topological polar surface area (TPSA) is 96.7 Å². The van der Waals surface area contributed by atoms with Crippen LogP contribution in [0.3, 0.4) is 0 Å². The van der Waals surface area contributed by atoms with Gasteiger partial charge in [-0.2, -0.15) is 5.10 Å². The van der Waals surface area contributed by atoms with Crippen molar-refractivity contribution in [1.82, 2.24) is 20.5 Å². The first-order chi connectivity index (χ1) is 8.22. The Balaban J connectivity index is 0.00000162. The van der Waals surface area contributed by atoms with Crippen LogP contribution in [0, 0.1) is 6.92 Å². The average Bonchev–Trinajstić information content (AvgIpc) is 2.71. The summed E-state index contributed by atoms with van der Waals surface area (Å²) < 4.78 is 0. The quantitative estimate of drug-likeness (QED) is 0.739. The van der Waals surface area contributed by atoms with Crippen molar-refractivity contribution in [3.8, 4) is 0 Å². The molecular weight excluding hydrogens is 289 g/mol. The third-order valence-corrected chi connectivity index (χ3v) is 2.53. The molecule has 8 heteroatoms. The summed E-state index contributed by atoms with van der Waals surface area (Å²) in [6, 6.07) is 1.79. The van der Waals surface area contributed by atoms with Crippen molar-refractivity contribution in [2.24, 2.45) is 5.73 Å². The van der Waals surface area contributed by atoms with Crippen molar-refractivity contribution in [3.63, 3.8) is 0 Å². The largest absolute Gasteiger partial charge is 0.352 e. The Bertz CT molecular complexity index is 543. The number of aryl methyl sites for hydroxylation is 1. The van der Waals surface area contributed by atoms with Crippen molar-refractivity contribution < 1.29 is 4.79 Å². The standard InChI is InChI=1S/C11H15N5O.2ClH/c1-7-9-5-8(6-14-10(9)16-15-7)11(17)13-4-2-3-12;;/h5-6H,2-4,12H2,1H3,(H,13,17)(H,14,15,16);2*1H. The predicted molar refractivity (Wildman–Crippen MR) is 79.1 cm³/mol. The van der Waals surface area contributed by atoms with E-state index in [2.05, 4.69) is 20.5 Å². The van der Waals surface area contributed by atoms with E-state index in [0.29, 0.717) is 24.3 Å². The summed E-state index contributed by atoms with van der Waals surface area (Å²) in [5, 5.41) is 10.5. The number of pyridine rings is 1. The van der Waals surface area contributed by atoms with Crippen molar-refractivity contribution in [2.45, 2.75) is 13.3 Å². The SMILES string of the molecule is Cc1[nH]nc2ncc(C(=O)NCCCN)cc12.Cl.Cl. The second-order valence-electron chi connectivity index (χ2n) is 3.84. The predicted octanol–water partition coefficient (Wildman–Crippen LogP) is 1.19. The third kappa shape index (κ3) is 4.05. The zero-order valence-corrected chi connectivity index (χ0v) is 12.1. The summed E-state index contributed by atoms with van der Waals surface area (Å²) in [5.74, 6) is -0.131. The van der Waals surface area contributed by atoms with Crippen LogP contribution in [0.4, 0.5) is 0 Å². The van der Waals surface area contributed by atoms with Gasteiger partial charge in [0.2, 0.25) is 0 Å². The number of H-pyrrole nitrogens is 1. The number of aromatic amines is 1. The van der Waals surface area contributed by atoms with Gasteiger partial charge in [-0.25, -0.2) is 4.98 Å². The van der Waals surface area contributed by atoms with Crippen LogP contribution in [-0.4, -0.2) is 34.2 Å². The number of nitrogens with one attached hydrogen (secondary N) is 2. The first-order valence-electron chi connectivity index (χ1n) is 5.51. The van der Waals surface area contributed by atoms with Gasteiger partial charge >= 0.3 is 0 Å². The summed E-state index contributed by atoms with van der Waals surface area (Å²) >= 11 is 0. The molecule has 2 aromatic heterocycles. The second-order valence-corrected chi connectivity index (χ2v) is 3.84. The fourth-order valence-corrected chi connectivity index (χ4v) is 1.55. The second kappa shape index (κ2) is 7.93. The lowest BCUT2D eigenvalue weighted by Crippen LogP contribution is -2.26. The lowest BCUT2D eigenvalue weighted by atomic mass is 10.2. The number of nitrogens with two attached hydrogens (primary N) is 1. The minimum Gasteiger partial charge on any atom is -0.352 e. The van der Waals surface area contributed by atoms with Gasteiger partial charge in [0, 0.05) is 23.8 Å². The van der Waals surface area contributed by atoms with Crippen molar-refractivity contribution >= 4 is 41.8 Å². The van der Waals surface area contributed by atoms with Crippen LogP contribution in [0.2, 0.25) is 0 Å². The van der Waals surface area contributed by atoms with E-state index in [-0.39, 0.29) is 30.7 Å². The minimum absolute atomic E-state index is 0. The molecular formula is C11H17Cl2N5O. The molecule has 2 rings (SSSR count). The van der Waals surface area contributed by atoms with Gasteiger partial charge in [0.25, 0.3) is 5.91 Å². The molecule has 106 valence electrons. The van der Waals surface area contributed by atoms with E-state index in [9.17, 15) is 4.79 Å². The van der Waals surface area contributed by atoms with Gasteiger partial charge in [-0.15, -0.1) is 24.8 Å². The lowest BCUT2D eigenvalue weighted by molar-refractivity contribution is 0.0953. The Labute approximate surface area is 123 Å². The molecule has 0 spiro atoms. The number of hydrogen-bond donors (Lipinski definition) is 3. The molecule has 0 aromatic carbocycles. The van der Waals surface area contributed by atoms with Crippen LogP contribution < -0.4 is 11.1 Å². The number of halogens is 2. The van der Waals surface area contributed by atoms with Gasteiger partial charge in [0.1, 0.15) is 0 Å². The minimum atomic E-state index is -0.131. The highest BCUT2D eigenvalue weighted by molar-refractivity contribution is 5.97. The zero-order chi connectivity index (χ0) is 12.3. The molecule has 0 bridgehead atoms. The molecule has 0 radical (unpaired) electrons. The molecule has 2 heterocycles. The molecule has 0 atom stereocenters. The van der Waals surface area contributed by atoms with Crippen LogP contribution in [0.15, 0.2) is 12.3 Å². The number of fused-ring (bicyclic) bond motifs is 1. The number of nitrogens with zero attached hydrogens (tertiary/aromatic N) is 2. The molecule has 0 saturated carbocycles. The molecule has 0 fully saturated rings. The van der Waals surface area contributed by atoms with E-state index in [0.717, 1.165) is 17.5 Å². The van der Waals surface area contributed by atoms with E-state index in [1.807, 2.05) is 6.92 Å². The molecule has 6 nitrogen and oxygen atoms in total. The Kier molecular flexibility index (Phi) is 7.36. The van der Waals surface area contributed by atoms with Crippen LogP contribution >= 0.6 is 24.8 Å². The number of aromatic nitrogens is 3. The molecule has 0 aliphatic carbocycles. The highest BCUT2D eigenvalue weighted by Crippen LogP contribution is 2.14. The van der Waals surface area contributed by atoms with E-state index in [4.69, 9.17) is 5.73 Å². The maximum absolute atomic E-state index is 11.8. The summed E-state index contributed by atoms with van der Waals surface area (Å²) in [6.45, 7) is 3.04. The molecule has 1 amide bonds. The highest BCUT2D eigenvalue weighted by atomic mass is 35.5. The first kappa shape index (κ1) is 17.6. The van der Waals surface area contributed by atoms with Crippen molar-refractivity contribution in [1.29, 1.82) is 0 Å².